The summed E-state index contributed by atoms with van der Waals surface area (Å²) in [6.07, 6.45) is 2.69. The van der Waals surface area contributed by atoms with Gasteiger partial charge in [0.1, 0.15) is 18.6 Å². The van der Waals surface area contributed by atoms with Gasteiger partial charge in [-0.1, -0.05) is 0 Å². The topological polar surface area (TPSA) is 287 Å². The Morgan fingerprint density at radius 1 is 1.06 bits per heavy atom. The Labute approximate surface area is 194 Å². The summed E-state index contributed by atoms with van der Waals surface area (Å²) >= 11 is 0. The maximum Gasteiger partial charge on any atom is 0.322 e. The lowest BCUT2D eigenvalue weighted by Gasteiger charge is -2.23. The number of primary amides is 1. The molecule has 3 atom stereocenters. The minimum absolute atomic E-state index is 0.0323. The van der Waals surface area contributed by atoms with Gasteiger partial charge in [0, 0.05) is 24.9 Å². The number of aromatic nitrogens is 2. The van der Waals surface area contributed by atoms with Crippen molar-refractivity contribution in [3.8, 4) is 0 Å². The van der Waals surface area contributed by atoms with Crippen LogP contribution in [-0.2, 0) is 30.4 Å². The molecule has 0 spiro atoms. The molecule has 3 unspecified atom stereocenters. The molecule has 16 heteroatoms. The third-order valence-electron chi connectivity index (χ3n) is 4.36. The number of aromatic amines is 1. The lowest BCUT2D eigenvalue weighted by Crippen LogP contribution is -2.57. The zero-order chi connectivity index (χ0) is 25.7. The Hall–Kier alpha value is -4.21. The normalized spacial score (nSPS) is 13.1. The number of aliphatic imine (C=N–C) groups is 1. The molecule has 0 aliphatic carbocycles. The molecular weight excluding hydrogens is 452 g/mol. The van der Waals surface area contributed by atoms with Crippen LogP contribution in [-0.4, -0.2) is 81.8 Å². The number of rotatable bonds is 15. The van der Waals surface area contributed by atoms with Crippen LogP contribution >= 0.6 is 0 Å². The summed E-state index contributed by atoms with van der Waals surface area (Å²) in [5.74, 6) is -4.76. The number of carboxylic acids is 1. The molecule has 0 aromatic carbocycles. The highest BCUT2D eigenvalue weighted by Gasteiger charge is 2.29. The van der Waals surface area contributed by atoms with Crippen LogP contribution in [0.25, 0.3) is 0 Å². The predicted molar refractivity (Wildman–Crippen MR) is 118 cm³/mol. The van der Waals surface area contributed by atoms with Gasteiger partial charge in [-0.05, 0) is 12.8 Å². The second-order valence-corrected chi connectivity index (χ2v) is 7.24. The van der Waals surface area contributed by atoms with Crippen LogP contribution in [0.5, 0.6) is 0 Å². The third kappa shape index (κ3) is 10.9. The number of H-pyrrole nitrogens is 1. The number of amides is 4. The van der Waals surface area contributed by atoms with Crippen molar-refractivity contribution in [2.45, 2.75) is 43.8 Å². The van der Waals surface area contributed by atoms with Crippen molar-refractivity contribution >= 4 is 35.6 Å². The smallest absolute Gasteiger partial charge is 0.322 e. The maximum atomic E-state index is 12.8. The van der Waals surface area contributed by atoms with E-state index in [2.05, 4.69) is 30.9 Å². The van der Waals surface area contributed by atoms with Gasteiger partial charge in [-0.3, -0.25) is 29.0 Å². The first kappa shape index (κ1) is 27.8. The SMILES string of the molecule is NC(=O)CC(NC(=O)C(N)Cc1cnc[nH]1)C(=O)NC(CCCN=C(N)N)C(=O)NCC(=O)O. The average molecular weight is 483 g/mol. The molecule has 16 nitrogen and oxygen atoms in total. The monoisotopic (exact) mass is 482 g/mol. The fourth-order valence-electron chi connectivity index (χ4n) is 2.75. The molecule has 0 radical (unpaired) electrons. The van der Waals surface area contributed by atoms with Gasteiger partial charge in [0.25, 0.3) is 0 Å². The quantitative estimate of drug-likeness (QED) is 0.0654. The number of nitrogens with two attached hydrogens (primary N) is 4. The number of nitrogens with one attached hydrogen (secondary N) is 4. The first-order valence-corrected chi connectivity index (χ1v) is 10.2. The number of imidazole rings is 1. The van der Waals surface area contributed by atoms with E-state index in [9.17, 15) is 24.0 Å². The second kappa shape index (κ2) is 14.0. The number of hydrogen-bond acceptors (Lipinski definition) is 8. The molecule has 0 saturated heterocycles. The van der Waals surface area contributed by atoms with E-state index in [1.165, 1.54) is 12.5 Å². The lowest BCUT2D eigenvalue weighted by atomic mass is 10.1. The highest BCUT2D eigenvalue weighted by molar-refractivity contribution is 5.95. The van der Waals surface area contributed by atoms with E-state index in [1.54, 1.807) is 0 Å². The van der Waals surface area contributed by atoms with Crippen LogP contribution in [0.3, 0.4) is 0 Å². The largest absolute Gasteiger partial charge is 0.480 e. The maximum absolute atomic E-state index is 12.8. The van der Waals surface area contributed by atoms with Gasteiger partial charge in [0.05, 0.1) is 18.8 Å². The highest BCUT2D eigenvalue weighted by atomic mass is 16.4. The van der Waals surface area contributed by atoms with Crippen LogP contribution < -0.4 is 38.9 Å². The average Bonchev–Trinajstić information content (AvgIpc) is 3.25. The number of carbonyl (C=O) groups excluding carboxylic acids is 4. The Morgan fingerprint density at radius 2 is 1.74 bits per heavy atom. The standard InChI is InChI=1S/C18H30N10O6/c19-10(4-9-6-23-8-26-9)15(32)28-12(5-13(20)29)17(34)27-11(2-1-3-24-18(21)22)16(33)25-7-14(30)31/h6,8,10-12H,1-5,7,19H2,(H2,20,29)(H,23,26)(H,25,33)(H,27,34)(H,28,32)(H,30,31)(H4,21,22,24). The van der Waals surface area contributed by atoms with Crippen molar-refractivity contribution in [3.05, 3.63) is 18.2 Å². The van der Waals surface area contributed by atoms with Gasteiger partial charge >= 0.3 is 5.97 Å². The minimum Gasteiger partial charge on any atom is -0.480 e. The zero-order valence-corrected chi connectivity index (χ0v) is 18.3. The summed E-state index contributed by atoms with van der Waals surface area (Å²) < 4.78 is 0. The van der Waals surface area contributed by atoms with Crippen molar-refractivity contribution in [2.24, 2.45) is 27.9 Å². The number of carbonyl (C=O) groups is 5. The molecule has 0 aliphatic rings. The van der Waals surface area contributed by atoms with Gasteiger partial charge < -0.3 is 49.0 Å². The molecule has 1 heterocycles. The molecule has 1 aromatic heterocycles. The summed E-state index contributed by atoms with van der Waals surface area (Å²) in [5, 5.41) is 15.7. The Balaban J connectivity index is 2.87. The Kier molecular flexibility index (Phi) is 11.5. The zero-order valence-electron chi connectivity index (χ0n) is 18.3. The predicted octanol–water partition coefficient (Wildman–Crippen LogP) is -4.62. The third-order valence-corrected chi connectivity index (χ3v) is 4.36. The number of hydrogen-bond donors (Lipinski definition) is 9. The fraction of sp³-hybridized carbons (Fsp3) is 0.500. The van der Waals surface area contributed by atoms with Crippen LogP contribution in [0.1, 0.15) is 25.0 Å². The molecule has 188 valence electrons. The number of guanidine groups is 1. The number of nitrogens with zero attached hydrogens (tertiary/aromatic N) is 2. The number of aliphatic carboxylic acids is 1. The van der Waals surface area contributed by atoms with Crippen molar-refractivity contribution in [1.29, 1.82) is 0 Å². The van der Waals surface area contributed by atoms with Crippen molar-refractivity contribution in [2.75, 3.05) is 13.1 Å². The van der Waals surface area contributed by atoms with Gasteiger partial charge in [-0.25, -0.2) is 4.98 Å². The second-order valence-electron chi connectivity index (χ2n) is 7.24. The van der Waals surface area contributed by atoms with E-state index in [0.29, 0.717) is 5.69 Å². The molecule has 0 aliphatic heterocycles. The molecule has 1 aromatic rings. The van der Waals surface area contributed by atoms with Crippen LogP contribution in [0.2, 0.25) is 0 Å². The van der Waals surface area contributed by atoms with E-state index in [-0.39, 0.29) is 31.8 Å². The van der Waals surface area contributed by atoms with Crippen LogP contribution in [0.15, 0.2) is 17.5 Å². The molecule has 1 rings (SSSR count). The van der Waals surface area contributed by atoms with Crippen molar-refractivity contribution in [1.82, 2.24) is 25.9 Å². The van der Waals surface area contributed by atoms with E-state index in [0.717, 1.165) is 0 Å². The Morgan fingerprint density at radius 3 is 2.29 bits per heavy atom. The Bertz CT molecular complexity index is 884. The molecule has 0 saturated carbocycles. The molecule has 4 amide bonds. The highest BCUT2D eigenvalue weighted by Crippen LogP contribution is 2.03. The van der Waals surface area contributed by atoms with Crippen molar-refractivity contribution in [3.63, 3.8) is 0 Å². The minimum atomic E-state index is -1.43. The van der Waals surface area contributed by atoms with Gasteiger partial charge in [-0.15, -0.1) is 0 Å². The molecule has 34 heavy (non-hydrogen) atoms. The van der Waals surface area contributed by atoms with E-state index >= 15 is 0 Å². The first-order chi connectivity index (χ1) is 16.0. The molecular formula is C18H30N10O6. The first-order valence-electron chi connectivity index (χ1n) is 10.2. The fourth-order valence-corrected chi connectivity index (χ4v) is 2.75. The molecule has 13 N–H and O–H groups in total. The van der Waals surface area contributed by atoms with Gasteiger partial charge in [0.2, 0.25) is 23.6 Å². The van der Waals surface area contributed by atoms with E-state index in [1.807, 2.05) is 0 Å². The lowest BCUT2D eigenvalue weighted by molar-refractivity contribution is -0.138. The van der Waals surface area contributed by atoms with Crippen molar-refractivity contribution < 1.29 is 29.1 Å². The summed E-state index contributed by atoms with van der Waals surface area (Å²) in [6, 6.07) is -3.70. The van der Waals surface area contributed by atoms with Gasteiger partial charge in [-0.2, -0.15) is 0 Å². The van der Waals surface area contributed by atoms with Crippen LogP contribution in [0.4, 0.5) is 0 Å². The number of carboxylic acid groups (broad SMARTS) is 1. The van der Waals surface area contributed by atoms with E-state index < -0.39 is 60.7 Å². The summed E-state index contributed by atoms with van der Waals surface area (Å²) in [5.41, 5.74) is 22.1. The molecule has 0 bridgehead atoms. The molecule has 0 fully saturated rings. The van der Waals surface area contributed by atoms with E-state index in [4.69, 9.17) is 28.0 Å². The summed E-state index contributed by atoms with van der Waals surface area (Å²) in [4.78, 5) is 70.2. The summed E-state index contributed by atoms with van der Waals surface area (Å²) in [7, 11) is 0. The van der Waals surface area contributed by atoms with Crippen LogP contribution in [0, 0.1) is 0 Å². The van der Waals surface area contributed by atoms with Gasteiger partial charge in [0.15, 0.2) is 5.96 Å². The summed E-state index contributed by atoms with van der Waals surface area (Å²) in [6.45, 7) is -0.534.